The number of aryl methyl sites for hydroxylation is 3. The Balaban J connectivity index is 1.67. The molecule has 0 saturated carbocycles. The van der Waals surface area contributed by atoms with Crippen molar-refractivity contribution in [2.24, 2.45) is 5.92 Å². The Kier molecular flexibility index (Phi) is 8.50. The SMILES string of the molecule is CCCC(CCC)CCn1c(-c2ccc(C#N)cc2)nc2cnc(CCc3ccccc3Cl)nc21. The molecule has 2 aromatic carbocycles. The van der Waals surface area contributed by atoms with Gasteiger partial charge >= 0.3 is 0 Å². The summed E-state index contributed by atoms with van der Waals surface area (Å²) in [5.74, 6) is 2.37. The van der Waals surface area contributed by atoms with Gasteiger partial charge in [-0.15, -0.1) is 0 Å². The van der Waals surface area contributed by atoms with Crippen LogP contribution in [-0.4, -0.2) is 19.5 Å². The Morgan fingerprint density at radius 1 is 0.943 bits per heavy atom. The fraction of sp³-hybridized carbons (Fsp3) is 0.379. The van der Waals surface area contributed by atoms with Crippen LogP contribution in [0.25, 0.3) is 22.6 Å². The fourth-order valence-electron chi connectivity index (χ4n) is 4.71. The average Bonchev–Trinajstić information content (AvgIpc) is 3.25. The highest BCUT2D eigenvalue weighted by molar-refractivity contribution is 6.31. The van der Waals surface area contributed by atoms with Crippen LogP contribution < -0.4 is 0 Å². The summed E-state index contributed by atoms with van der Waals surface area (Å²) in [4.78, 5) is 14.5. The van der Waals surface area contributed by atoms with Crippen molar-refractivity contribution in [2.75, 3.05) is 0 Å². The molecular formula is C29H32ClN5. The molecule has 35 heavy (non-hydrogen) atoms. The van der Waals surface area contributed by atoms with E-state index in [-0.39, 0.29) is 0 Å². The predicted octanol–water partition coefficient (Wildman–Crippen LogP) is 7.41. The molecule has 6 heteroatoms. The number of aromatic nitrogens is 4. The second kappa shape index (κ2) is 12.0. The third-order valence-electron chi connectivity index (χ3n) is 6.54. The van der Waals surface area contributed by atoms with Gasteiger partial charge in [-0.05, 0) is 54.7 Å². The van der Waals surface area contributed by atoms with Gasteiger partial charge in [0, 0.05) is 23.6 Å². The zero-order valence-corrected chi connectivity index (χ0v) is 21.3. The summed E-state index contributed by atoms with van der Waals surface area (Å²) >= 11 is 6.35. The molecule has 0 amide bonds. The van der Waals surface area contributed by atoms with E-state index in [2.05, 4.69) is 35.5 Å². The highest BCUT2D eigenvalue weighted by Gasteiger charge is 2.17. The molecule has 0 saturated heterocycles. The molecule has 0 fully saturated rings. The van der Waals surface area contributed by atoms with Crippen LogP contribution in [0.4, 0.5) is 0 Å². The molecule has 5 nitrogen and oxygen atoms in total. The first kappa shape index (κ1) is 24.9. The monoisotopic (exact) mass is 485 g/mol. The van der Waals surface area contributed by atoms with Gasteiger partial charge in [-0.1, -0.05) is 69.3 Å². The molecule has 4 aromatic rings. The zero-order valence-electron chi connectivity index (χ0n) is 20.5. The molecule has 2 aromatic heterocycles. The minimum atomic E-state index is 0.643. The number of benzene rings is 2. The molecule has 0 unspecified atom stereocenters. The minimum Gasteiger partial charge on any atom is -0.309 e. The molecule has 0 aliphatic rings. The Bertz CT molecular complexity index is 1300. The first-order chi connectivity index (χ1) is 17.1. The number of fused-ring (bicyclic) bond motifs is 1. The highest BCUT2D eigenvalue weighted by Crippen LogP contribution is 2.27. The van der Waals surface area contributed by atoms with Gasteiger partial charge in [0.2, 0.25) is 0 Å². The first-order valence-electron chi connectivity index (χ1n) is 12.6. The van der Waals surface area contributed by atoms with E-state index in [0.717, 1.165) is 58.3 Å². The number of hydrogen-bond donors (Lipinski definition) is 0. The molecule has 0 aliphatic carbocycles. The summed E-state index contributed by atoms with van der Waals surface area (Å²) in [6.07, 6.45) is 9.31. The molecule has 0 bridgehead atoms. The molecular weight excluding hydrogens is 454 g/mol. The summed E-state index contributed by atoms with van der Waals surface area (Å²) in [6.45, 7) is 5.38. The van der Waals surface area contributed by atoms with Crippen molar-refractivity contribution in [3.05, 3.63) is 76.7 Å². The Hall–Kier alpha value is -3.23. The Morgan fingerprint density at radius 3 is 2.37 bits per heavy atom. The van der Waals surface area contributed by atoms with Gasteiger partial charge in [0.1, 0.15) is 17.2 Å². The molecule has 0 aliphatic heterocycles. The van der Waals surface area contributed by atoms with E-state index >= 15 is 0 Å². The lowest BCUT2D eigenvalue weighted by Gasteiger charge is -2.17. The molecule has 180 valence electrons. The van der Waals surface area contributed by atoms with Crippen LogP contribution in [0.3, 0.4) is 0 Å². The number of hydrogen-bond acceptors (Lipinski definition) is 4. The third kappa shape index (κ3) is 6.07. The molecule has 2 heterocycles. The predicted molar refractivity (Wildman–Crippen MR) is 142 cm³/mol. The van der Waals surface area contributed by atoms with E-state index in [1.54, 1.807) is 0 Å². The zero-order chi connectivity index (χ0) is 24.6. The summed E-state index contributed by atoms with van der Waals surface area (Å²) < 4.78 is 2.25. The minimum absolute atomic E-state index is 0.643. The maximum absolute atomic E-state index is 9.20. The standard InChI is InChI=1S/C29H32ClN5/c1-3-7-21(8-4-2)17-18-35-28(24-13-11-22(19-31)12-14-24)33-26-20-32-27(34-29(26)35)16-15-23-9-5-6-10-25(23)30/h5-6,9-14,20-21H,3-4,7-8,15-18H2,1-2H3. The lowest BCUT2D eigenvalue weighted by Crippen LogP contribution is -2.09. The maximum Gasteiger partial charge on any atom is 0.164 e. The number of imidazole rings is 1. The van der Waals surface area contributed by atoms with Crippen molar-refractivity contribution in [1.29, 1.82) is 5.26 Å². The van der Waals surface area contributed by atoms with Crippen LogP contribution in [-0.2, 0) is 19.4 Å². The summed E-state index contributed by atoms with van der Waals surface area (Å²) in [7, 11) is 0. The largest absolute Gasteiger partial charge is 0.309 e. The second-order valence-electron chi connectivity index (χ2n) is 9.09. The number of rotatable bonds is 11. The van der Waals surface area contributed by atoms with Crippen LogP contribution in [0.15, 0.2) is 54.7 Å². The quantitative estimate of drug-likeness (QED) is 0.222. The van der Waals surface area contributed by atoms with Gasteiger partial charge in [0.05, 0.1) is 17.8 Å². The summed E-state index contributed by atoms with van der Waals surface area (Å²) in [5.41, 5.74) is 4.41. The van der Waals surface area contributed by atoms with E-state index in [1.165, 1.54) is 25.7 Å². The van der Waals surface area contributed by atoms with Crippen molar-refractivity contribution >= 4 is 22.8 Å². The van der Waals surface area contributed by atoms with Gasteiger partial charge in [-0.3, -0.25) is 0 Å². The van der Waals surface area contributed by atoms with E-state index in [0.29, 0.717) is 17.9 Å². The van der Waals surface area contributed by atoms with Crippen molar-refractivity contribution < 1.29 is 0 Å². The number of nitriles is 1. The molecule has 0 spiro atoms. The molecule has 0 radical (unpaired) electrons. The van der Waals surface area contributed by atoms with Crippen LogP contribution in [0.1, 0.15) is 62.9 Å². The van der Waals surface area contributed by atoms with Gasteiger partial charge in [-0.2, -0.15) is 5.26 Å². The lowest BCUT2D eigenvalue weighted by atomic mass is 9.95. The molecule has 0 atom stereocenters. The molecule has 4 rings (SSSR count). The number of halogens is 1. The van der Waals surface area contributed by atoms with Gasteiger partial charge in [0.15, 0.2) is 5.65 Å². The van der Waals surface area contributed by atoms with E-state index in [1.807, 2.05) is 48.7 Å². The smallest absolute Gasteiger partial charge is 0.164 e. The van der Waals surface area contributed by atoms with Gasteiger partial charge in [-0.25, -0.2) is 15.0 Å². The Labute approximate surface area is 212 Å². The van der Waals surface area contributed by atoms with Gasteiger partial charge in [0.25, 0.3) is 0 Å². The van der Waals surface area contributed by atoms with Crippen LogP contribution in [0, 0.1) is 17.2 Å². The molecule has 0 N–H and O–H groups in total. The second-order valence-corrected chi connectivity index (χ2v) is 9.50. The van der Waals surface area contributed by atoms with Crippen LogP contribution in [0.5, 0.6) is 0 Å². The average molecular weight is 486 g/mol. The van der Waals surface area contributed by atoms with E-state index in [9.17, 15) is 5.26 Å². The van der Waals surface area contributed by atoms with Crippen molar-refractivity contribution in [1.82, 2.24) is 19.5 Å². The van der Waals surface area contributed by atoms with E-state index < -0.39 is 0 Å². The van der Waals surface area contributed by atoms with Gasteiger partial charge < -0.3 is 4.57 Å². The topological polar surface area (TPSA) is 67.4 Å². The van der Waals surface area contributed by atoms with Crippen LogP contribution in [0.2, 0.25) is 5.02 Å². The third-order valence-corrected chi connectivity index (χ3v) is 6.91. The lowest BCUT2D eigenvalue weighted by molar-refractivity contribution is 0.388. The van der Waals surface area contributed by atoms with Crippen LogP contribution >= 0.6 is 11.6 Å². The summed E-state index contributed by atoms with van der Waals surface area (Å²) in [5, 5.41) is 9.97. The number of nitrogens with zero attached hydrogens (tertiary/aromatic N) is 5. The fourth-order valence-corrected chi connectivity index (χ4v) is 4.94. The highest BCUT2D eigenvalue weighted by atomic mass is 35.5. The van der Waals surface area contributed by atoms with Crippen molar-refractivity contribution in [3.63, 3.8) is 0 Å². The normalized spacial score (nSPS) is 11.3. The van der Waals surface area contributed by atoms with E-state index in [4.69, 9.17) is 21.6 Å². The summed E-state index contributed by atoms with van der Waals surface area (Å²) in [6, 6.07) is 17.7. The maximum atomic E-state index is 9.20. The first-order valence-corrected chi connectivity index (χ1v) is 13.0. The van der Waals surface area contributed by atoms with Crippen molar-refractivity contribution in [3.8, 4) is 17.5 Å². The van der Waals surface area contributed by atoms with Crippen molar-refractivity contribution in [2.45, 2.75) is 65.3 Å². The Morgan fingerprint density at radius 2 is 1.69 bits per heavy atom.